The van der Waals surface area contributed by atoms with Crippen LogP contribution in [0.15, 0.2) is 35.4 Å². The molecule has 7 nitrogen and oxygen atoms in total. The Morgan fingerprint density at radius 2 is 1.96 bits per heavy atom. The topological polar surface area (TPSA) is 105 Å². The average Bonchev–Trinajstić information content (AvgIpc) is 2.58. The van der Waals surface area contributed by atoms with E-state index in [9.17, 15) is 33.2 Å². The number of benzene rings is 2. The summed E-state index contributed by atoms with van der Waals surface area (Å²) in [6.07, 6.45) is -4.31. The second-order valence-corrected chi connectivity index (χ2v) is 6.24. The van der Waals surface area contributed by atoms with Gasteiger partial charge in [-0.15, -0.1) is 0 Å². The van der Waals surface area contributed by atoms with Gasteiger partial charge in [0.15, 0.2) is 0 Å². The number of hydrogen-bond acceptors (Lipinski definition) is 5. The molecular formula is C16H10Cl2F3N3O4. The van der Waals surface area contributed by atoms with Crippen molar-refractivity contribution in [1.82, 2.24) is 5.43 Å². The number of alkyl halides is 3. The number of rotatable bonds is 5. The van der Waals surface area contributed by atoms with Gasteiger partial charge in [-0.1, -0.05) is 29.3 Å². The van der Waals surface area contributed by atoms with E-state index in [4.69, 9.17) is 23.2 Å². The van der Waals surface area contributed by atoms with E-state index in [-0.39, 0.29) is 26.9 Å². The van der Waals surface area contributed by atoms with Crippen LogP contribution in [0.3, 0.4) is 0 Å². The molecule has 0 radical (unpaired) electrons. The molecule has 28 heavy (non-hydrogen) atoms. The fourth-order valence-corrected chi connectivity index (χ4v) is 2.64. The lowest BCUT2D eigenvalue weighted by Gasteiger charge is -2.08. The van der Waals surface area contributed by atoms with Gasteiger partial charge in [-0.05, 0) is 18.2 Å². The maximum atomic E-state index is 12.7. The van der Waals surface area contributed by atoms with Crippen molar-refractivity contribution in [2.75, 3.05) is 0 Å². The van der Waals surface area contributed by atoms with Gasteiger partial charge in [-0.25, -0.2) is 5.43 Å². The third-order valence-corrected chi connectivity index (χ3v) is 3.92. The monoisotopic (exact) mass is 435 g/mol. The highest BCUT2D eigenvalue weighted by Gasteiger charge is 2.33. The summed E-state index contributed by atoms with van der Waals surface area (Å²) in [5, 5.41) is 24.5. The number of phenolic OH excluding ortho intramolecular Hbond substituents is 1. The van der Waals surface area contributed by atoms with E-state index in [0.717, 1.165) is 12.3 Å². The molecule has 1 amide bonds. The summed E-state index contributed by atoms with van der Waals surface area (Å²) in [5.41, 5.74) is -0.121. The highest BCUT2D eigenvalue weighted by Crippen LogP contribution is 2.33. The summed E-state index contributed by atoms with van der Waals surface area (Å²) < 4.78 is 38.0. The van der Waals surface area contributed by atoms with Gasteiger partial charge in [0.25, 0.3) is 5.69 Å². The molecule has 0 fully saturated rings. The summed E-state index contributed by atoms with van der Waals surface area (Å²) >= 11 is 11.5. The highest BCUT2D eigenvalue weighted by molar-refractivity contribution is 6.36. The number of nitro groups is 1. The fraction of sp³-hybridized carbons (Fsp3) is 0.125. The minimum atomic E-state index is -4.75. The van der Waals surface area contributed by atoms with Crippen molar-refractivity contribution in [1.29, 1.82) is 0 Å². The van der Waals surface area contributed by atoms with Crippen LogP contribution in [0, 0.1) is 10.1 Å². The molecule has 0 saturated carbocycles. The standard InChI is InChI=1S/C16H10Cl2F3N3O4/c17-11-3-9(15(26)12(18)6-11)7-22-23-14(25)4-8-1-2-10(16(19,20)21)5-13(8)24(27)28/h1-3,5-7,26H,4H2,(H,23,25). The minimum Gasteiger partial charge on any atom is -0.506 e. The molecule has 2 aromatic carbocycles. The van der Waals surface area contributed by atoms with Gasteiger partial charge in [0.1, 0.15) is 5.75 Å². The zero-order valence-electron chi connectivity index (χ0n) is 13.6. The number of amides is 1. The first kappa shape index (κ1) is 21.5. The summed E-state index contributed by atoms with van der Waals surface area (Å²) in [6.45, 7) is 0. The molecule has 0 heterocycles. The van der Waals surface area contributed by atoms with E-state index in [1.807, 2.05) is 5.43 Å². The van der Waals surface area contributed by atoms with Crippen molar-refractivity contribution in [3.05, 3.63) is 67.2 Å². The third-order valence-electron chi connectivity index (χ3n) is 3.41. The van der Waals surface area contributed by atoms with E-state index in [1.54, 1.807) is 0 Å². The number of phenols is 1. The van der Waals surface area contributed by atoms with Crippen LogP contribution in [-0.4, -0.2) is 22.2 Å². The SMILES string of the molecule is O=C(Cc1ccc(C(F)(F)F)cc1[N+](=O)[O-])NN=Cc1cc(Cl)cc(Cl)c1O. The number of nitro benzene ring substituents is 1. The molecule has 148 valence electrons. The number of nitrogens with zero attached hydrogens (tertiary/aromatic N) is 2. The van der Waals surface area contributed by atoms with Crippen LogP contribution in [0.2, 0.25) is 10.0 Å². The van der Waals surface area contributed by atoms with Crippen LogP contribution in [0.1, 0.15) is 16.7 Å². The van der Waals surface area contributed by atoms with Gasteiger partial charge < -0.3 is 5.11 Å². The minimum absolute atomic E-state index is 0.0411. The van der Waals surface area contributed by atoms with Gasteiger partial charge in [-0.3, -0.25) is 14.9 Å². The van der Waals surface area contributed by atoms with Gasteiger partial charge >= 0.3 is 6.18 Å². The molecule has 0 unspecified atom stereocenters. The molecule has 2 N–H and O–H groups in total. The predicted octanol–water partition coefficient (Wildman–Crippen LogP) is 4.32. The van der Waals surface area contributed by atoms with Gasteiger partial charge in [-0.2, -0.15) is 18.3 Å². The smallest absolute Gasteiger partial charge is 0.416 e. The lowest BCUT2D eigenvalue weighted by atomic mass is 10.1. The number of halogens is 5. The fourth-order valence-electron chi connectivity index (χ4n) is 2.13. The zero-order chi connectivity index (χ0) is 21.1. The molecule has 2 rings (SSSR count). The first-order valence-corrected chi connectivity index (χ1v) is 8.09. The predicted molar refractivity (Wildman–Crippen MR) is 95.7 cm³/mol. The van der Waals surface area contributed by atoms with E-state index in [2.05, 4.69) is 5.10 Å². The summed E-state index contributed by atoms with van der Waals surface area (Å²) in [4.78, 5) is 21.9. The van der Waals surface area contributed by atoms with E-state index < -0.39 is 34.7 Å². The van der Waals surface area contributed by atoms with E-state index >= 15 is 0 Å². The Balaban J connectivity index is 2.14. The van der Waals surface area contributed by atoms with Crippen LogP contribution in [0.4, 0.5) is 18.9 Å². The second-order valence-electron chi connectivity index (χ2n) is 5.39. The molecule has 0 aliphatic carbocycles. The van der Waals surface area contributed by atoms with Crippen molar-refractivity contribution in [3.63, 3.8) is 0 Å². The average molecular weight is 436 g/mol. The number of aromatic hydroxyl groups is 1. The van der Waals surface area contributed by atoms with Crippen molar-refractivity contribution in [2.24, 2.45) is 5.10 Å². The van der Waals surface area contributed by atoms with Crippen LogP contribution in [0.25, 0.3) is 0 Å². The lowest BCUT2D eigenvalue weighted by Crippen LogP contribution is -2.20. The Bertz CT molecular complexity index is 965. The number of carbonyl (C=O) groups is 1. The molecule has 0 aliphatic heterocycles. The largest absolute Gasteiger partial charge is 0.506 e. The first-order chi connectivity index (χ1) is 13.0. The molecule has 12 heteroatoms. The zero-order valence-corrected chi connectivity index (χ0v) is 15.1. The molecule has 0 saturated heterocycles. The molecular weight excluding hydrogens is 426 g/mol. The Morgan fingerprint density at radius 3 is 2.57 bits per heavy atom. The normalized spacial score (nSPS) is 11.6. The van der Waals surface area contributed by atoms with Crippen molar-refractivity contribution >= 4 is 41.0 Å². The van der Waals surface area contributed by atoms with Crippen molar-refractivity contribution in [2.45, 2.75) is 12.6 Å². The molecule has 0 spiro atoms. The maximum absolute atomic E-state index is 12.7. The second kappa shape index (κ2) is 8.44. The summed E-state index contributed by atoms with van der Waals surface area (Å²) in [6, 6.07) is 4.47. The molecule has 0 atom stereocenters. The lowest BCUT2D eigenvalue weighted by molar-refractivity contribution is -0.385. The summed E-state index contributed by atoms with van der Waals surface area (Å²) in [7, 11) is 0. The summed E-state index contributed by atoms with van der Waals surface area (Å²) in [5.74, 6) is -1.16. The first-order valence-electron chi connectivity index (χ1n) is 7.33. The number of hydrogen-bond donors (Lipinski definition) is 2. The Labute approximate surface area is 165 Å². The molecule has 2 aromatic rings. The molecule has 0 aromatic heterocycles. The third kappa shape index (κ3) is 5.33. The molecule has 0 bridgehead atoms. The number of hydrazone groups is 1. The van der Waals surface area contributed by atoms with E-state index in [0.29, 0.717) is 12.1 Å². The van der Waals surface area contributed by atoms with Crippen LogP contribution in [-0.2, 0) is 17.4 Å². The Hall–Kier alpha value is -2.85. The van der Waals surface area contributed by atoms with Gasteiger partial charge in [0.2, 0.25) is 5.91 Å². The highest BCUT2D eigenvalue weighted by atomic mass is 35.5. The van der Waals surface area contributed by atoms with Gasteiger partial charge in [0, 0.05) is 22.2 Å². The van der Waals surface area contributed by atoms with E-state index in [1.165, 1.54) is 12.1 Å². The van der Waals surface area contributed by atoms with Crippen LogP contribution in [0.5, 0.6) is 5.75 Å². The Morgan fingerprint density at radius 1 is 1.29 bits per heavy atom. The number of nitrogens with one attached hydrogen (secondary N) is 1. The van der Waals surface area contributed by atoms with Crippen LogP contribution >= 0.6 is 23.2 Å². The quantitative estimate of drug-likeness (QED) is 0.414. The van der Waals surface area contributed by atoms with Gasteiger partial charge in [0.05, 0.1) is 28.1 Å². The van der Waals surface area contributed by atoms with Crippen molar-refractivity contribution in [3.8, 4) is 5.75 Å². The number of carbonyl (C=O) groups excluding carboxylic acids is 1. The van der Waals surface area contributed by atoms with Crippen LogP contribution < -0.4 is 5.43 Å². The molecule has 0 aliphatic rings. The maximum Gasteiger partial charge on any atom is 0.416 e. The Kier molecular flexibility index (Phi) is 6.47. The van der Waals surface area contributed by atoms with Crippen molar-refractivity contribution < 1.29 is 28.0 Å².